The van der Waals surface area contributed by atoms with Crippen LogP contribution in [0.5, 0.6) is 0 Å². The summed E-state index contributed by atoms with van der Waals surface area (Å²) in [6.07, 6.45) is 9.36. The zero-order valence-corrected chi connectivity index (χ0v) is 18.3. The lowest BCUT2D eigenvalue weighted by atomic mass is 9.81. The molecule has 7 heteroatoms. The van der Waals surface area contributed by atoms with Crippen molar-refractivity contribution in [2.45, 2.75) is 82.3 Å². The van der Waals surface area contributed by atoms with Crippen molar-refractivity contribution in [1.29, 1.82) is 0 Å². The van der Waals surface area contributed by atoms with Crippen molar-refractivity contribution in [2.75, 3.05) is 13.6 Å². The molecule has 2 aliphatic carbocycles. The summed E-state index contributed by atoms with van der Waals surface area (Å²) >= 11 is 0. The third kappa shape index (κ3) is 4.19. The number of halogens is 1. The van der Waals surface area contributed by atoms with E-state index in [1.807, 2.05) is 0 Å². The lowest BCUT2D eigenvalue weighted by Crippen LogP contribution is -2.50. The molecule has 1 heterocycles. The Morgan fingerprint density at radius 2 is 1.65 bits per heavy atom. The number of hydrogen-bond donors (Lipinski definition) is 0. The zero-order valence-electron chi connectivity index (χ0n) is 18.3. The first kappa shape index (κ1) is 21.8. The molecule has 1 aromatic rings. The maximum atomic E-state index is 13.4. The fraction of sp³-hybridized carbons (Fsp3) is 0.625. The van der Waals surface area contributed by atoms with E-state index in [-0.39, 0.29) is 36.2 Å². The van der Waals surface area contributed by atoms with Crippen molar-refractivity contribution >= 4 is 17.8 Å². The van der Waals surface area contributed by atoms with E-state index in [9.17, 15) is 18.8 Å². The van der Waals surface area contributed by atoms with Crippen molar-refractivity contribution in [3.8, 4) is 0 Å². The molecule has 168 valence electrons. The standard InChI is InChI=1S/C24H32FN3O3/c1-26-23(31)28(22(30)24(26)14-6-3-7-15-24)17-21(29)27(20-8-4-2-5-9-20)16-18-10-12-19(25)13-11-18/h10-13,20H,2-9,14-17H2,1H3. The number of nitrogens with zero attached hydrogens (tertiary/aromatic N) is 3. The van der Waals surface area contributed by atoms with E-state index in [1.54, 1.807) is 29.0 Å². The van der Waals surface area contributed by atoms with Gasteiger partial charge in [-0.25, -0.2) is 9.18 Å². The molecule has 4 rings (SSSR count). The Morgan fingerprint density at radius 1 is 1.03 bits per heavy atom. The summed E-state index contributed by atoms with van der Waals surface area (Å²) in [5.74, 6) is -0.744. The third-order valence-corrected chi connectivity index (χ3v) is 7.38. The van der Waals surface area contributed by atoms with Crippen molar-refractivity contribution in [3.63, 3.8) is 0 Å². The Balaban J connectivity index is 1.53. The SMILES string of the molecule is CN1C(=O)N(CC(=O)N(Cc2ccc(F)cc2)C2CCCCC2)C(=O)C12CCCCC2. The van der Waals surface area contributed by atoms with Crippen LogP contribution < -0.4 is 0 Å². The van der Waals surface area contributed by atoms with Crippen LogP contribution in [0.15, 0.2) is 24.3 Å². The molecular weight excluding hydrogens is 397 g/mol. The van der Waals surface area contributed by atoms with Crippen LogP contribution in [0.1, 0.15) is 69.8 Å². The fourth-order valence-corrected chi connectivity index (χ4v) is 5.50. The topological polar surface area (TPSA) is 60.9 Å². The van der Waals surface area contributed by atoms with Crippen molar-refractivity contribution in [3.05, 3.63) is 35.6 Å². The molecule has 6 nitrogen and oxygen atoms in total. The average molecular weight is 430 g/mol. The second-order valence-corrected chi connectivity index (χ2v) is 9.27. The van der Waals surface area contributed by atoms with Gasteiger partial charge in [0.05, 0.1) is 0 Å². The van der Waals surface area contributed by atoms with Gasteiger partial charge in [-0.1, -0.05) is 50.7 Å². The van der Waals surface area contributed by atoms with Crippen LogP contribution in [-0.2, 0) is 16.1 Å². The molecule has 3 fully saturated rings. The number of rotatable bonds is 5. The van der Waals surface area contributed by atoms with Crippen LogP contribution in [-0.4, -0.2) is 57.7 Å². The number of benzene rings is 1. The van der Waals surface area contributed by atoms with Crippen LogP contribution >= 0.6 is 0 Å². The average Bonchev–Trinajstić information content (AvgIpc) is 2.96. The Bertz CT molecular complexity index is 829. The molecule has 31 heavy (non-hydrogen) atoms. The van der Waals surface area contributed by atoms with E-state index in [0.717, 1.165) is 61.8 Å². The van der Waals surface area contributed by atoms with E-state index >= 15 is 0 Å². The Hall–Kier alpha value is -2.44. The molecule has 1 spiro atoms. The number of urea groups is 1. The first-order valence-electron chi connectivity index (χ1n) is 11.6. The predicted octanol–water partition coefficient (Wildman–Crippen LogP) is 4.08. The van der Waals surface area contributed by atoms with E-state index in [2.05, 4.69) is 0 Å². The van der Waals surface area contributed by atoms with Crippen molar-refractivity contribution in [1.82, 2.24) is 14.7 Å². The van der Waals surface area contributed by atoms with Gasteiger partial charge in [0.1, 0.15) is 17.9 Å². The molecule has 0 aromatic heterocycles. The molecule has 0 radical (unpaired) electrons. The number of carbonyl (C=O) groups is 3. The van der Waals surface area contributed by atoms with E-state index in [1.165, 1.54) is 12.1 Å². The van der Waals surface area contributed by atoms with Gasteiger partial charge in [0.15, 0.2) is 0 Å². The summed E-state index contributed by atoms with van der Waals surface area (Å²) in [5.41, 5.74) is 0.0719. The van der Waals surface area contributed by atoms with Gasteiger partial charge in [-0.3, -0.25) is 14.5 Å². The molecule has 4 amide bonds. The minimum absolute atomic E-state index is 0.0838. The quantitative estimate of drug-likeness (QED) is 0.663. The van der Waals surface area contributed by atoms with Gasteiger partial charge in [-0.05, 0) is 43.4 Å². The van der Waals surface area contributed by atoms with Crippen molar-refractivity contribution < 1.29 is 18.8 Å². The molecule has 1 aromatic carbocycles. The molecule has 3 aliphatic rings. The molecule has 2 saturated carbocycles. The van der Waals surface area contributed by atoms with Gasteiger partial charge < -0.3 is 9.80 Å². The van der Waals surface area contributed by atoms with Gasteiger partial charge in [0.25, 0.3) is 5.91 Å². The summed E-state index contributed by atoms with van der Waals surface area (Å²) in [7, 11) is 1.69. The number of hydrogen-bond acceptors (Lipinski definition) is 3. The third-order valence-electron chi connectivity index (χ3n) is 7.38. The van der Waals surface area contributed by atoms with E-state index in [4.69, 9.17) is 0 Å². The Morgan fingerprint density at radius 3 is 2.29 bits per heavy atom. The van der Waals surface area contributed by atoms with Gasteiger partial charge in [-0.2, -0.15) is 0 Å². The van der Waals surface area contributed by atoms with Gasteiger partial charge in [0, 0.05) is 19.6 Å². The smallest absolute Gasteiger partial charge is 0.327 e. The maximum Gasteiger partial charge on any atom is 0.327 e. The fourth-order valence-electron chi connectivity index (χ4n) is 5.50. The lowest BCUT2D eigenvalue weighted by Gasteiger charge is -2.36. The van der Waals surface area contributed by atoms with Gasteiger partial charge in [-0.15, -0.1) is 0 Å². The molecule has 1 aliphatic heterocycles. The van der Waals surface area contributed by atoms with Gasteiger partial charge in [0.2, 0.25) is 5.91 Å². The highest BCUT2D eigenvalue weighted by molar-refractivity contribution is 6.09. The summed E-state index contributed by atoms with van der Waals surface area (Å²) < 4.78 is 13.3. The first-order valence-corrected chi connectivity index (χ1v) is 11.6. The molecular formula is C24H32FN3O3. The number of imide groups is 1. The molecule has 0 atom stereocenters. The normalized spacial score (nSPS) is 21.7. The molecule has 0 N–H and O–H groups in total. The molecule has 1 saturated heterocycles. The monoisotopic (exact) mass is 429 g/mol. The summed E-state index contributed by atoms with van der Waals surface area (Å²) in [6, 6.07) is 5.89. The largest absolute Gasteiger partial charge is 0.334 e. The second kappa shape index (κ2) is 8.97. The Kier molecular flexibility index (Phi) is 6.30. The second-order valence-electron chi connectivity index (χ2n) is 9.27. The lowest BCUT2D eigenvalue weighted by molar-refractivity contribution is -0.142. The Labute approximate surface area is 183 Å². The van der Waals surface area contributed by atoms with Gasteiger partial charge >= 0.3 is 6.03 Å². The number of carbonyl (C=O) groups excluding carboxylic acids is 3. The van der Waals surface area contributed by atoms with Crippen LogP contribution in [0, 0.1) is 5.82 Å². The minimum Gasteiger partial charge on any atom is -0.334 e. The summed E-state index contributed by atoms with van der Waals surface area (Å²) in [4.78, 5) is 44.2. The number of likely N-dealkylation sites (N-methyl/N-ethyl adjacent to an activating group) is 1. The van der Waals surface area contributed by atoms with Crippen LogP contribution in [0.2, 0.25) is 0 Å². The summed E-state index contributed by atoms with van der Waals surface area (Å²) in [5, 5.41) is 0. The highest BCUT2D eigenvalue weighted by atomic mass is 19.1. The zero-order chi connectivity index (χ0) is 22.0. The first-order chi connectivity index (χ1) is 14.9. The molecule has 0 unspecified atom stereocenters. The van der Waals surface area contributed by atoms with Crippen LogP contribution in [0.25, 0.3) is 0 Å². The predicted molar refractivity (Wildman–Crippen MR) is 115 cm³/mol. The summed E-state index contributed by atoms with van der Waals surface area (Å²) in [6.45, 7) is 0.141. The van der Waals surface area contributed by atoms with Crippen LogP contribution in [0.3, 0.4) is 0 Å². The minimum atomic E-state index is -0.776. The maximum absolute atomic E-state index is 13.4. The van der Waals surface area contributed by atoms with E-state index in [0.29, 0.717) is 19.4 Å². The molecule has 0 bridgehead atoms. The van der Waals surface area contributed by atoms with Crippen molar-refractivity contribution in [2.24, 2.45) is 0 Å². The number of amides is 4. The van der Waals surface area contributed by atoms with E-state index < -0.39 is 5.54 Å². The highest BCUT2D eigenvalue weighted by Crippen LogP contribution is 2.39. The highest BCUT2D eigenvalue weighted by Gasteiger charge is 2.56. The van der Waals surface area contributed by atoms with Crippen LogP contribution in [0.4, 0.5) is 9.18 Å².